The number of halogens is 1. The summed E-state index contributed by atoms with van der Waals surface area (Å²) >= 11 is 0. The summed E-state index contributed by atoms with van der Waals surface area (Å²) in [6, 6.07) is 6.33. The number of hydrogen-bond acceptors (Lipinski definition) is 7. The van der Waals surface area contributed by atoms with Gasteiger partial charge in [-0.1, -0.05) is 19.4 Å². The number of fused-ring (bicyclic) bond motifs is 6. The maximum absolute atomic E-state index is 13.8. The van der Waals surface area contributed by atoms with E-state index < -0.39 is 23.1 Å². The van der Waals surface area contributed by atoms with Crippen molar-refractivity contribution in [2.75, 3.05) is 6.61 Å². The van der Waals surface area contributed by atoms with Crippen molar-refractivity contribution in [3.05, 3.63) is 71.1 Å². The molecule has 0 spiro atoms. The van der Waals surface area contributed by atoms with Gasteiger partial charge in [0, 0.05) is 11.6 Å². The highest BCUT2D eigenvalue weighted by Crippen LogP contribution is 2.67. The molecule has 0 saturated heterocycles. The second-order valence-electron chi connectivity index (χ2n) is 13.7. The van der Waals surface area contributed by atoms with E-state index in [4.69, 9.17) is 4.74 Å². The molecule has 7 atom stereocenters. The third-order valence-electron chi connectivity index (χ3n) is 11.6. The number of rotatable bonds is 6. The SMILES string of the molecule is CCOC(=O)c1cnn(CC(=O)[C@@]2(O)CCC3C4CCC5=Cc6c(cnn6-c6ccc(F)cc6)CC5(C)C4C(O)CC32C)c1. The fraction of sp³-hybridized carbons (Fsp3) is 0.529. The molecule has 0 aliphatic heterocycles. The Bertz CT molecular complexity index is 1660. The van der Waals surface area contributed by atoms with E-state index in [1.165, 1.54) is 34.8 Å². The molecule has 4 aliphatic carbocycles. The Balaban J connectivity index is 1.14. The first-order valence-corrected chi connectivity index (χ1v) is 15.7. The van der Waals surface area contributed by atoms with Crippen LogP contribution in [-0.2, 0) is 22.5 Å². The van der Waals surface area contributed by atoms with E-state index in [-0.39, 0.29) is 53.5 Å². The van der Waals surface area contributed by atoms with Crippen LogP contribution < -0.4 is 0 Å². The molecule has 0 radical (unpaired) electrons. The third kappa shape index (κ3) is 4.17. The first-order chi connectivity index (χ1) is 21.0. The number of ether oxygens (including phenoxy) is 1. The van der Waals surface area contributed by atoms with Crippen molar-refractivity contribution in [3.8, 4) is 5.69 Å². The van der Waals surface area contributed by atoms with Gasteiger partial charge in [-0.3, -0.25) is 9.48 Å². The molecule has 2 aromatic heterocycles. The average Bonchev–Trinajstić information content (AvgIpc) is 3.68. The smallest absolute Gasteiger partial charge is 0.341 e. The lowest BCUT2D eigenvalue weighted by Crippen LogP contribution is -2.62. The van der Waals surface area contributed by atoms with Gasteiger partial charge in [-0.15, -0.1) is 0 Å². The van der Waals surface area contributed by atoms with Gasteiger partial charge in [-0.2, -0.15) is 10.2 Å². The molecule has 6 unspecified atom stereocenters. The van der Waals surface area contributed by atoms with Crippen LogP contribution in [0.2, 0.25) is 0 Å². The number of carbonyl (C=O) groups is 2. The third-order valence-corrected chi connectivity index (χ3v) is 11.6. The van der Waals surface area contributed by atoms with E-state index >= 15 is 0 Å². The van der Waals surface area contributed by atoms with Gasteiger partial charge >= 0.3 is 5.97 Å². The zero-order valence-electron chi connectivity index (χ0n) is 25.4. The number of nitrogens with zero attached hydrogens (tertiary/aromatic N) is 4. The van der Waals surface area contributed by atoms with E-state index in [9.17, 15) is 24.2 Å². The normalized spacial score (nSPS) is 33.9. The van der Waals surface area contributed by atoms with Gasteiger partial charge in [-0.25, -0.2) is 13.9 Å². The van der Waals surface area contributed by atoms with Gasteiger partial charge < -0.3 is 14.9 Å². The minimum absolute atomic E-state index is 0.0152. The van der Waals surface area contributed by atoms with Crippen LogP contribution >= 0.6 is 0 Å². The number of esters is 1. The summed E-state index contributed by atoms with van der Waals surface area (Å²) in [6.07, 6.45) is 10.1. The fourth-order valence-electron chi connectivity index (χ4n) is 9.48. The van der Waals surface area contributed by atoms with Gasteiger partial charge in [0.05, 0.1) is 42.0 Å². The van der Waals surface area contributed by atoms with E-state index in [1.807, 2.05) is 17.8 Å². The zero-order valence-corrected chi connectivity index (χ0v) is 25.4. The van der Waals surface area contributed by atoms with E-state index in [1.54, 1.807) is 19.1 Å². The Morgan fingerprint density at radius 1 is 1.14 bits per heavy atom. The van der Waals surface area contributed by atoms with Crippen molar-refractivity contribution in [3.63, 3.8) is 0 Å². The number of allylic oxidation sites excluding steroid dienone is 1. The number of aromatic nitrogens is 4. The number of carbonyl (C=O) groups excluding carboxylic acids is 2. The van der Waals surface area contributed by atoms with Crippen LogP contribution in [0, 0.1) is 34.4 Å². The van der Waals surface area contributed by atoms with E-state index in [2.05, 4.69) is 23.2 Å². The number of Topliss-reactive ketones (excluding diaryl/α,β-unsaturated/α-hetero) is 1. The van der Waals surface area contributed by atoms with Gasteiger partial charge in [0.15, 0.2) is 5.78 Å². The van der Waals surface area contributed by atoms with Gasteiger partial charge in [0.25, 0.3) is 0 Å². The lowest BCUT2D eigenvalue weighted by atomic mass is 9.45. The molecule has 2 heterocycles. The summed E-state index contributed by atoms with van der Waals surface area (Å²) in [4.78, 5) is 25.9. The molecule has 3 aromatic rings. The molecule has 4 aliphatic rings. The zero-order chi connectivity index (χ0) is 31.0. The van der Waals surface area contributed by atoms with Crippen molar-refractivity contribution in [2.45, 2.75) is 77.5 Å². The minimum Gasteiger partial charge on any atom is -0.462 e. The summed E-state index contributed by atoms with van der Waals surface area (Å²) in [5.41, 5.74) is 1.78. The average molecular weight is 603 g/mol. The highest BCUT2D eigenvalue weighted by atomic mass is 19.1. The lowest BCUT2D eigenvalue weighted by Gasteiger charge is -2.60. The van der Waals surface area contributed by atoms with Crippen molar-refractivity contribution in [1.29, 1.82) is 0 Å². The van der Waals surface area contributed by atoms with Gasteiger partial charge in [0.2, 0.25) is 0 Å². The topological polar surface area (TPSA) is 119 Å². The van der Waals surface area contributed by atoms with Crippen molar-refractivity contribution in [2.24, 2.45) is 28.6 Å². The van der Waals surface area contributed by atoms with Crippen molar-refractivity contribution >= 4 is 17.8 Å². The maximum atomic E-state index is 13.8. The Morgan fingerprint density at radius 2 is 1.91 bits per heavy atom. The molecule has 3 saturated carbocycles. The maximum Gasteiger partial charge on any atom is 0.341 e. The van der Waals surface area contributed by atoms with Crippen LogP contribution in [0.25, 0.3) is 11.8 Å². The Hall–Kier alpha value is -3.63. The van der Waals surface area contributed by atoms with Gasteiger partial charge in [0.1, 0.15) is 18.0 Å². The molecule has 9 nitrogen and oxygen atoms in total. The van der Waals surface area contributed by atoms with E-state index in [0.29, 0.717) is 19.3 Å². The van der Waals surface area contributed by atoms with Gasteiger partial charge in [-0.05, 0) is 105 Å². The predicted molar refractivity (Wildman–Crippen MR) is 159 cm³/mol. The van der Waals surface area contributed by atoms with Crippen LogP contribution in [0.1, 0.15) is 74.5 Å². The molecule has 10 heteroatoms. The number of benzene rings is 1. The predicted octanol–water partition coefficient (Wildman–Crippen LogP) is 4.54. The van der Waals surface area contributed by atoms with Crippen molar-refractivity contribution in [1.82, 2.24) is 19.6 Å². The lowest BCUT2D eigenvalue weighted by molar-refractivity contribution is -0.180. The second kappa shape index (κ2) is 10.2. The van der Waals surface area contributed by atoms with Crippen LogP contribution in [0.4, 0.5) is 4.39 Å². The summed E-state index contributed by atoms with van der Waals surface area (Å²) < 4.78 is 21.9. The molecular weight excluding hydrogens is 563 g/mol. The number of hydrogen-bond donors (Lipinski definition) is 2. The Kier molecular flexibility index (Phi) is 6.75. The summed E-state index contributed by atoms with van der Waals surface area (Å²) in [5, 5.41) is 32.8. The first-order valence-electron chi connectivity index (χ1n) is 15.7. The number of aliphatic hydroxyl groups excluding tert-OH is 1. The van der Waals surface area contributed by atoms with E-state index in [0.717, 1.165) is 36.2 Å². The number of ketones is 1. The second-order valence-corrected chi connectivity index (χ2v) is 13.7. The molecule has 44 heavy (non-hydrogen) atoms. The molecule has 3 fully saturated rings. The highest BCUT2D eigenvalue weighted by molar-refractivity contribution is 5.90. The molecule has 7 rings (SSSR count). The molecule has 2 N–H and O–H groups in total. The highest BCUT2D eigenvalue weighted by Gasteiger charge is 2.68. The molecular formula is C34H39FN4O5. The molecule has 0 amide bonds. The monoisotopic (exact) mass is 602 g/mol. The van der Waals surface area contributed by atoms with Crippen LogP contribution in [0.15, 0.2) is 48.4 Å². The first kappa shape index (κ1) is 29.1. The fourth-order valence-corrected chi connectivity index (χ4v) is 9.48. The Labute approximate surface area is 255 Å². The van der Waals surface area contributed by atoms with Crippen molar-refractivity contribution < 1.29 is 28.9 Å². The summed E-state index contributed by atoms with van der Waals surface area (Å²) in [6.45, 7) is 6.04. The molecule has 232 valence electrons. The summed E-state index contributed by atoms with van der Waals surface area (Å²) in [7, 11) is 0. The summed E-state index contributed by atoms with van der Waals surface area (Å²) in [5.74, 6) is -0.914. The number of aliphatic hydroxyl groups is 2. The molecule has 1 aromatic carbocycles. The molecule has 0 bridgehead atoms. The van der Waals surface area contributed by atoms with Crippen LogP contribution in [0.5, 0.6) is 0 Å². The minimum atomic E-state index is -1.60. The van der Waals surface area contributed by atoms with Crippen LogP contribution in [0.3, 0.4) is 0 Å². The quantitative estimate of drug-likeness (QED) is 0.398. The Morgan fingerprint density at radius 3 is 2.66 bits per heavy atom. The standard InChI is InChI=1S/C34H39FN4O5/c1-4-44-31(42)21-17-36-38(18-21)19-29(41)34(43)12-11-26-25-10-5-22-13-27-20(16-37-39(27)24-8-6-23(35)7-9-24)14-32(22,2)30(25)28(40)15-33(26,34)3/h6-9,13,16-18,25-26,28,30,40,43H,4-5,10-12,14-15,19H2,1-3H3/t25?,26?,28?,30?,32?,33?,34-/m0/s1. The van der Waals surface area contributed by atoms with Crippen LogP contribution in [-0.4, -0.2) is 59.8 Å². The largest absolute Gasteiger partial charge is 0.462 e.